The number of fused-ring (bicyclic) bond motifs is 1. The molecule has 2 aromatic heterocycles. The second-order valence-corrected chi connectivity index (χ2v) is 8.39. The molecule has 0 saturated carbocycles. The van der Waals surface area contributed by atoms with Crippen LogP contribution in [0.5, 0.6) is 11.8 Å². The minimum atomic E-state index is 0.288. The fraction of sp³-hybridized carbons (Fsp3) is 0.542. The molecule has 3 aromatic rings. The molecule has 4 rings (SSSR count). The molecule has 32 heavy (non-hydrogen) atoms. The predicted octanol–water partition coefficient (Wildman–Crippen LogP) is 3.73. The maximum absolute atomic E-state index is 6.06. The van der Waals surface area contributed by atoms with Crippen LogP contribution >= 0.6 is 0 Å². The lowest BCUT2D eigenvalue weighted by Gasteiger charge is -2.26. The predicted molar refractivity (Wildman–Crippen MR) is 125 cm³/mol. The Balaban J connectivity index is 1.32. The minimum absolute atomic E-state index is 0.288. The minimum Gasteiger partial charge on any atom is -0.494 e. The third-order valence-corrected chi connectivity index (χ3v) is 5.81. The van der Waals surface area contributed by atoms with Crippen molar-refractivity contribution in [3.8, 4) is 11.8 Å². The molecule has 0 bridgehead atoms. The summed E-state index contributed by atoms with van der Waals surface area (Å²) in [5, 5.41) is 4.48. The molecule has 8 heteroatoms. The van der Waals surface area contributed by atoms with Crippen molar-refractivity contribution in [3.05, 3.63) is 41.7 Å². The Morgan fingerprint density at radius 3 is 2.56 bits per heavy atom. The second kappa shape index (κ2) is 11.1. The average molecular weight is 439 g/mol. The fourth-order valence-electron chi connectivity index (χ4n) is 3.99. The number of unbranched alkanes of at least 4 members (excludes halogenated alkanes) is 1. The van der Waals surface area contributed by atoms with E-state index in [0.29, 0.717) is 24.5 Å². The summed E-state index contributed by atoms with van der Waals surface area (Å²) in [4.78, 5) is 11.1. The van der Waals surface area contributed by atoms with Gasteiger partial charge in [0.2, 0.25) is 0 Å². The highest BCUT2D eigenvalue weighted by atomic mass is 16.5. The first-order valence-corrected chi connectivity index (χ1v) is 11.8. The number of likely N-dealkylation sites (tertiary alicyclic amines) is 1. The Morgan fingerprint density at radius 2 is 1.78 bits per heavy atom. The van der Waals surface area contributed by atoms with Gasteiger partial charge in [0.05, 0.1) is 25.1 Å². The van der Waals surface area contributed by atoms with Crippen LogP contribution in [0, 0.1) is 0 Å². The monoisotopic (exact) mass is 438 g/mol. The molecule has 3 heterocycles. The molecule has 2 N–H and O–H groups in total. The zero-order chi connectivity index (χ0) is 22.2. The van der Waals surface area contributed by atoms with Crippen molar-refractivity contribution in [1.82, 2.24) is 24.5 Å². The summed E-state index contributed by atoms with van der Waals surface area (Å²) >= 11 is 0. The molecule has 0 aliphatic carbocycles. The summed E-state index contributed by atoms with van der Waals surface area (Å²) < 4.78 is 13.3. The number of benzene rings is 1. The van der Waals surface area contributed by atoms with Gasteiger partial charge >= 0.3 is 6.01 Å². The normalized spacial score (nSPS) is 14.7. The van der Waals surface area contributed by atoms with E-state index in [1.54, 1.807) is 10.7 Å². The highest BCUT2D eigenvalue weighted by Gasteiger charge is 2.13. The molecule has 8 nitrogen and oxygen atoms in total. The van der Waals surface area contributed by atoms with Gasteiger partial charge in [-0.15, -0.1) is 5.10 Å². The molecule has 1 aliphatic heterocycles. The van der Waals surface area contributed by atoms with E-state index >= 15 is 0 Å². The number of rotatable bonds is 11. The van der Waals surface area contributed by atoms with Gasteiger partial charge in [-0.05, 0) is 56.5 Å². The zero-order valence-corrected chi connectivity index (χ0v) is 19.0. The molecule has 172 valence electrons. The van der Waals surface area contributed by atoms with Gasteiger partial charge in [0, 0.05) is 13.0 Å². The Hall–Kier alpha value is -2.87. The molecule has 1 aliphatic rings. The lowest BCUT2D eigenvalue weighted by molar-refractivity contribution is 0.205. The Kier molecular flexibility index (Phi) is 7.77. The number of aromatic nitrogens is 4. The van der Waals surface area contributed by atoms with Gasteiger partial charge in [-0.3, -0.25) is 0 Å². The standard InChI is InChI=1S/C24H34N6O2/c1-2-3-15-32-24-27-22(25)23-26-18-20(30(23)28-24)17-19-8-10-21(11-9-19)31-16-7-14-29-12-5-4-6-13-29/h8-11,18H,2-7,12-17H2,1H3,(H2,25,27,28). The van der Waals surface area contributed by atoms with Crippen molar-refractivity contribution in [2.24, 2.45) is 0 Å². The number of nitrogens with zero attached hydrogens (tertiary/aromatic N) is 5. The lowest BCUT2D eigenvalue weighted by atomic mass is 10.1. The number of hydrogen-bond donors (Lipinski definition) is 1. The number of nitrogens with two attached hydrogens (primary N) is 1. The number of nitrogen functional groups attached to an aromatic ring is 1. The van der Waals surface area contributed by atoms with E-state index in [2.05, 4.69) is 39.0 Å². The third kappa shape index (κ3) is 5.88. The molecular weight excluding hydrogens is 404 g/mol. The van der Waals surface area contributed by atoms with Crippen LogP contribution < -0.4 is 15.2 Å². The summed E-state index contributed by atoms with van der Waals surface area (Å²) in [5.74, 6) is 1.23. The highest BCUT2D eigenvalue weighted by Crippen LogP contribution is 2.19. The Labute approximate surface area is 189 Å². The van der Waals surface area contributed by atoms with Crippen LogP contribution in [0.15, 0.2) is 30.5 Å². The Morgan fingerprint density at radius 1 is 1.00 bits per heavy atom. The molecule has 0 atom stereocenters. The number of anilines is 1. The molecule has 0 spiro atoms. The van der Waals surface area contributed by atoms with Crippen LogP contribution in [0.3, 0.4) is 0 Å². The van der Waals surface area contributed by atoms with Gasteiger partial charge in [-0.2, -0.15) is 4.98 Å². The zero-order valence-electron chi connectivity index (χ0n) is 19.0. The first kappa shape index (κ1) is 22.3. The van der Waals surface area contributed by atoms with Crippen molar-refractivity contribution >= 4 is 11.5 Å². The fourth-order valence-corrected chi connectivity index (χ4v) is 3.99. The molecule has 0 unspecified atom stereocenters. The largest absolute Gasteiger partial charge is 0.494 e. The van der Waals surface area contributed by atoms with Crippen molar-refractivity contribution in [2.45, 2.75) is 51.9 Å². The van der Waals surface area contributed by atoms with Crippen molar-refractivity contribution in [3.63, 3.8) is 0 Å². The topological polar surface area (TPSA) is 90.8 Å². The van der Waals surface area contributed by atoms with Gasteiger partial charge in [-0.25, -0.2) is 9.50 Å². The maximum atomic E-state index is 6.06. The van der Waals surface area contributed by atoms with E-state index in [1.807, 2.05) is 12.1 Å². The Bertz CT molecular complexity index is 982. The molecule has 1 saturated heterocycles. The van der Waals surface area contributed by atoms with Gasteiger partial charge < -0.3 is 20.1 Å². The van der Waals surface area contributed by atoms with E-state index in [9.17, 15) is 0 Å². The van der Waals surface area contributed by atoms with Crippen molar-refractivity contribution in [1.29, 1.82) is 0 Å². The van der Waals surface area contributed by atoms with Gasteiger partial charge in [0.1, 0.15) is 5.75 Å². The SMILES string of the molecule is CCCCOc1nc(N)c2ncc(Cc3ccc(OCCCN4CCCCC4)cc3)n2n1. The van der Waals surface area contributed by atoms with Crippen LogP contribution in [0.25, 0.3) is 5.65 Å². The maximum Gasteiger partial charge on any atom is 0.336 e. The number of piperidine rings is 1. The molecule has 0 amide bonds. The highest BCUT2D eigenvalue weighted by molar-refractivity contribution is 5.59. The summed E-state index contributed by atoms with van der Waals surface area (Å²) in [6.45, 7) is 7.04. The summed E-state index contributed by atoms with van der Waals surface area (Å²) in [6, 6.07) is 8.52. The molecule has 1 fully saturated rings. The van der Waals surface area contributed by atoms with E-state index < -0.39 is 0 Å². The smallest absolute Gasteiger partial charge is 0.336 e. The van der Waals surface area contributed by atoms with Crippen LogP contribution in [-0.2, 0) is 6.42 Å². The van der Waals surface area contributed by atoms with E-state index in [-0.39, 0.29) is 6.01 Å². The number of hydrogen-bond acceptors (Lipinski definition) is 7. The van der Waals surface area contributed by atoms with E-state index in [4.69, 9.17) is 15.2 Å². The van der Waals surface area contributed by atoms with Gasteiger partial charge in [-0.1, -0.05) is 31.9 Å². The van der Waals surface area contributed by atoms with Crippen LogP contribution in [0.4, 0.5) is 5.82 Å². The van der Waals surface area contributed by atoms with Crippen LogP contribution in [-0.4, -0.2) is 57.3 Å². The first-order chi connectivity index (χ1) is 15.7. The summed E-state index contributed by atoms with van der Waals surface area (Å²) in [6.07, 6.45) is 9.58. The van der Waals surface area contributed by atoms with Crippen molar-refractivity contribution in [2.75, 3.05) is 38.6 Å². The van der Waals surface area contributed by atoms with Gasteiger partial charge in [0.15, 0.2) is 11.5 Å². The van der Waals surface area contributed by atoms with Crippen molar-refractivity contribution < 1.29 is 9.47 Å². The van der Waals surface area contributed by atoms with Crippen LogP contribution in [0.1, 0.15) is 56.7 Å². The molecule has 0 radical (unpaired) electrons. The second-order valence-electron chi connectivity index (χ2n) is 8.39. The van der Waals surface area contributed by atoms with E-state index in [0.717, 1.165) is 49.4 Å². The average Bonchev–Trinajstić information content (AvgIpc) is 3.22. The summed E-state index contributed by atoms with van der Waals surface area (Å²) in [7, 11) is 0. The third-order valence-electron chi connectivity index (χ3n) is 5.81. The first-order valence-electron chi connectivity index (χ1n) is 11.8. The quantitative estimate of drug-likeness (QED) is 0.456. The lowest BCUT2D eigenvalue weighted by Crippen LogP contribution is -2.31. The van der Waals surface area contributed by atoms with Crippen LogP contribution in [0.2, 0.25) is 0 Å². The number of imidazole rings is 1. The summed E-state index contributed by atoms with van der Waals surface area (Å²) in [5.41, 5.74) is 8.70. The van der Waals surface area contributed by atoms with E-state index in [1.165, 1.54) is 32.4 Å². The molecule has 1 aromatic carbocycles. The van der Waals surface area contributed by atoms with Gasteiger partial charge in [0.25, 0.3) is 0 Å². The number of ether oxygens (including phenoxy) is 2. The molecular formula is C24H34N6O2.